The van der Waals surface area contributed by atoms with E-state index in [2.05, 4.69) is 27.7 Å². The topological polar surface area (TPSA) is 79.9 Å². The van der Waals surface area contributed by atoms with Crippen molar-refractivity contribution in [1.29, 1.82) is 0 Å². The second-order valence-electron chi connectivity index (χ2n) is 9.04. The highest BCUT2D eigenvalue weighted by molar-refractivity contribution is 5.90. The maximum absolute atomic E-state index is 13.3. The Morgan fingerprint density at radius 3 is 2.45 bits per heavy atom. The van der Waals surface area contributed by atoms with Gasteiger partial charge < -0.3 is 20.1 Å². The molecule has 2 aliphatic heterocycles. The second-order valence-corrected chi connectivity index (χ2v) is 9.04. The second kappa shape index (κ2) is 11.0. The number of nitrogens with one attached hydrogen (secondary N) is 2. The van der Waals surface area contributed by atoms with Crippen molar-refractivity contribution in [3.63, 3.8) is 0 Å². The van der Waals surface area contributed by atoms with E-state index in [4.69, 9.17) is 9.47 Å². The Morgan fingerprint density at radius 1 is 1.06 bits per heavy atom. The Morgan fingerprint density at radius 2 is 1.77 bits per heavy atom. The molecule has 1 aromatic rings. The Bertz CT molecular complexity index is 729. The first kappa shape index (κ1) is 23.5. The molecule has 2 atom stereocenters. The summed E-state index contributed by atoms with van der Waals surface area (Å²) in [6.45, 7) is 7.45. The number of methoxy groups -OCH3 is 1. The quantitative estimate of drug-likeness (QED) is 0.769. The predicted molar refractivity (Wildman–Crippen MR) is 120 cm³/mol. The van der Waals surface area contributed by atoms with Crippen molar-refractivity contribution in [2.45, 2.75) is 64.6 Å². The van der Waals surface area contributed by atoms with E-state index < -0.39 is 11.5 Å². The largest absolute Gasteiger partial charge is 0.497 e. The molecular weight excluding hydrogens is 394 g/mol. The first-order valence-electron chi connectivity index (χ1n) is 11.5. The number of amides is 2. The number of carbonyl (C=O) groups excluding carboxylic acids is 2. The summed E-state index contributed by atoms with van der Waals surface area (Å²) < 4.78 is 10.9. The number of likely N-dealkylation sites (tertiary alicyclic amines) is 1. The van der Waals surface area contributed by atoms with E-state index >= 15 is 0 Å². The van der Waals surface area contributed by atoms with Crippen LogP contribution in [0.4, 0.5) is 0 Å². The van der Waals surface area contributed by atoms with Crippen LogP contribution in [0.25, 0.3) is 0 Å². The summed E-state index contributed by atoms with van der Waals surface area (Å²) in [6, 6.07) is 7.54. The summed E-state index contributed by atoms with van der Waals surface area (Å²) in [5.74, 6) is 0.724. The minimum Gasteiger partial charge on any atom is -0.497 e. The molecule has 2 fully saturated rings. The van der Waals surface area contributed by atoms with Crippen molar-refractivity contribution in [3.8, 4) is 5.75 Å². The minimum atomic E-state index is -0.551. The first-order chi connectivity index (χ1) is 14.9. The molecule has 172 valence electrons. The lowest BCUT2D eigenvalue weighted by Crippen LogP contribution is -2.54. The van der Waals surface area contributed by atoms with Crippen molar-refractivity contribution < 1.29 is 19.1 Å². The van der Waals surface area contributed by atoms with E-state index in [0.29, 0.717) is 13.2 Å². The number of hydrogen-bond acceptors (Lipinski definition) is 5. The van der Waals surface area contributed by atoms with E-state index in [1.807, 2.05) is 19.1 Å². The maximum atomic E-state index is 13.3. The van der Waals surface area contributed by atoms with Gasteiger partial charge in [0.05, 0.1) is 19.1 Å². The van der Waals surface area contributed by atoms with Gasteiger partial charge in [0.2, 0.25) is 11.8 Å². The standard InChI is InChI=1S/C24H37N3O4/c1-18-17-31-15-5-4-10-24(23(29)26-19(2)22(28)25-18)11-13-27(14-12-24)16-20-6-8-21(30-3)9-7-20/h6-9,18-19H,4-5,10-17H2,1-3H3,(H,25,28)(H,26,29)/t18-,19-/m0/s1. The summed E-state index contributed by atoms with van der Waals surface area (Å²) in [4.78, 5) is 28.2. The molecule has 2 amide bonds. The zero-order chi connectivity index (χ0) is 22.3. The molecule has 0 radical (unpaired) electrons. The molecule has 0 aliphatic carbocycles. The van der Waals surface area contributed by atoms with Crippen LogP contribution < -0.4 is 15.4 Å². The molecule has 0 unspecified atom stereocenters. The summed E-state index contributed by atoms with van der Waals surface area (Å²) in [5.41, 5.74) is 0.831. The molecule has 3 rings (SSSR count). The molecule has 31 heavy (non-hydrogen) atoms. The van der Waals surface area contributed by atoms with Crippen LogP contribution in [0.1, 0.15) is 51.5 Å². The highest BCUT2D eigenvalue weighted by Gasteiger charge is 2.41. The van der Waals surface area contributed by atoms with Gasteiger partial charge in [-0.25, -0.2) is 0 Å². The third kappa shape index (κ3) is 6.43. The van der Waals surface area contributed by atoms with Crippen molar-refractivity contribution in [2.24, 2.45) is 5.41 Å². The van der Waals surface area contributed by atoms with E-state index in [0.717, 1.165) is 57.5 Å². The van der Waals surface area contributed by atoms with Crippen LogP contribution in [0.3, 0.4) is 0 Å². The Kier molecular flexibility index (Phi) is 8.32. The van der Waals surface area contributed by atoms with Crippen LogP contribution in [0.2, 0.25) is 0 Å². The molecule has 7 nitrogen and oxygen atoms in total. The van der Waals surface area contributed by atoms with Gasteiger partial charge in [-0.2, -0.15) is 0 Å². The number of rotatable bonds is 3. The van der Waals surface area contributed by atoms with Crippen LogP contribution in [0.5, 0.6) is 5.75 Å². The Hall–Kier alpha value is -2.12. The molecule has 0 aromatic heterocycles. The zero-order valence-corrected chi connectivity index (χ0v) is 19.1. The SMILES string of the molecule is COc1ccc(CN2CCC3(CCCCOC[C@H](C)NC(=O)[C@H](C)NC3=O)CC2)cc1. The van der Waals surface area contributed by atoms with Gasteiger partial charge in [-0.1, -0.05) is 18.6 Å². The van der Waals surface area contributed by atoms with Gasteiger partial charge >= 0.3 is 0 Å². The van der Waals surface area contributed by atoms with E-state index in [1.165, 1.54) is 5.56 Å². The zero-order valence-electron chi connectivity index (χ0n) is 19.1. The third-order valence-corrected chi connectivity index (χ3v) is 6.55. The average molecular weight is 432 g/mol. The lowest BCUT2D eigenvalue weighted by atomic mass is 9.73. The number of nitrogens with zero attached hydrogens (tertiary/aromatic N) is 1. The minimum absolute atomic E-state index is 0.0204. The highest BCUT2D eigenvalue weighted by Crippen LogP contribution is 2.37. The van der Waals surface area contributed by atoms with Crippen LogP contribution in [-0.2, 0) is 20.9 Å². The van der Waals surface area contributed by atoms with Gasteiger partial charge in [0.15, 0.2) is 0 Å². The van der Waals surface area contributed by atoms with Gasteiger partial charge in [0, 0.05) is 19.2 Å². The van der Waals surface area contributed by atoms with Gasteiger partial charge in [-0.3, -0.25) is 14.5 Å². The van der Waals surface area contributed by atoms with Crippen molar-refractivity contribution in [2.75, 3.05) is 33.4 Å². The average Bonchev–Trinajstić information content (AvgIpc) is 2.77. The van der Waals surface area contributed by atoms with Crippen LogP contribution >= 0.6 is 0 Å². The fourth-order valence-electron chi connectivity index (χ4n) is 4.47. The summed E-state index contributed by atoms with van der Waals surface area (Å²) in [7, 11) is 1.67. The molecule has 0 bridgehead atoms. The fraction of sp³-hybridized carbons (Fsp3) is 0.667. The van der Waals surface area contributed by atoms with Crippen LogP contribution in [0, 0.1) is 5.41 Å². The van der Waals surface area contributed by atoms with E-state index in [1.54, 1.807) is 14.0 Å². The normalized spacial score (nSPS) is 26.2. The lowest BCUT2D eigenvalue weighted by molar-refractivity contribution is -0.138. The van der Waals surface area contributed by atoms with Gasteiger partial charge in [-0.15, -0.1) is 0 Å². The van der Waals surface area contributed by atoms with E-state index in [9.17, 15) is 9.59 Å². The molecule has 2 N–H and O–H groups in total. The van der Waals surface area contributed by atoms with Gasteiger partial charge in [0.25, 0.3) is 0 Å². The molecule has 2 heterocycles. The molecule has 7 heteroatoms. The lowest BCUT2D eigenvalue weighted by Gasteiger charge is -2.41. The molecule has 0 saturated carbocycles. The third-order valence-electron chi connectivity index (χ3n) is 6.55. The fourth-order valence-corrected chi connectivity index (χ4v) is 4.47. The number of ether oxygens (including phenoxy) is 2. The van der Waals surface area contributed by atoms with Crippen molar-refractivity contribution >= 4 is 11.8 Å². The number of carbonyl (C=O) groups is 2. The monoisotopic (exact) mass is 431 g/mol. The molecular formula is C24H37N3O4. The van der Waals surface area contributed by atoms with Crippen molar-refractivity contribution in [3.05, 3.63) is 29.8 Å². The molecule has 2 aliphatic rings. The number of hydrogen-bond donors (Lipinski definition) is 2. The van der Waals surface area contributed by atoms with Crippen LogP contribution in [0.15, 0.2) is 24.3 Å². The highest BCUT2D eigenvalue weighted by atomic mass is 16.5. The maximum Gasteiger partial charge on any atom is 0.242 e. The molecule has 1 spiro atoms. The number of benzene rings is 1. The number of piperidine rings is 1. The van der Waals surface area contributed by atoms with Gasteiger partial charge in [0.1, 0.15) is 11.8 Å². The summed E-state index contributed by atoms with van der Waals surface area (Å²) in [6.07, 6.45) is 4.33. The molecule has 2 saturated heterocycles. The van der Waals surface area contributed by atoms with E-state index in [-0.39, 0.29) is 17.9 Å². The summed E-state index contributed by atoms with van der Waals surface area (Å²) >= 11 is 0. The Labute approximate surface area is 185 Å². The van der Waals surface area contributed by atoms with Gasteiger partial charge in [-0.05, 0) is 70.3 Å². The van der Waals surface area contributed by atoms with Crippen molar-refractivity contribution in [1.82, 2.24) is 15.5 Å². The summed E-state index contributed by atoms with van der Waals surface area (Å²) in [5, 5.41) is 5.93. The predicted octanol–water partition coefficient (Wildman–Crippen LogP) is 2.49. The smallest absolute Gasteiger partial charge is 0.242 e. The molecule has 1 aromatic carbocycles. The van der Waals surface area contributed by atoms with Crippen LogP contribution in [-0.4, -0.2) is 62.2 Å². The Balaban J connectivity index is 1.63. The first-order valence-corrected chi connectivity index (χ1v) is 11.5.